The Labute approximate surface area is 84.2 Å². The van der Waals surface area contributed by atoms with Crippen molar-refractivity contribution in [2.24, 2.45) is 11.7 Å². The highest BCUT2D eigenvalue weighted by molar-refractivity contribution is 5.80. The van der Waals surface area contributed by atoms with Gasteiger partial charge in [0.25, 0.3) is 0 Å². The minimum absolute atomic E-state index is 0.183. The molecule has 0 rings (SSSR count). The predicted molar refractivity (Wildman–Crippen MR) is 55.4 cm³/mol. The summed E-state index contributed by atoms with van der Waals surface area (Å²) in [5.74, 6) is -0.305. The first-order chi connectivity index (χ1) is 6.45. The van der Waals surface area contributed by atoms with Crippen LogP contribution in [0.3, 0.4) is 0 Å². The van der Waals surface area contributed by atoms with Crippen molar-refractivity contribution < 1.29 is 9.90 Å². The zero-order valence-corrected chi connectivity index (χ0v) is 8.71. The number of carboxylic acid groups (broad SMARTS) is 1. The first kappa shape index (κ1) is 12.9. The molecule has 0 saturated heterocycles. The summed E-state index contributed by atoms with van der Waals surface area (Å²) in [7, 11) is 0. The fourth-order valence-electron chi connectivity index (χ4n) is 0.873. The van der Waals surface area contributed by atoms with Crippen molar-refractivity contribution in [3.05, 3.63) is 0 Å². The third kappa shape index (κ3) is 5.53. The van der Waals surface area contributed by atoms with Gasteiger partial charge in [-0.25, -0.2) is 0 Å². The van der Waals surface area contributed by atoms with Gasteiger partial charge in [0, 0.05) is 12.5 Å². The normalized spacial score (nSPS) is 12.6. The molecule has 5 N–H and O–H groups in total. The van der Waals surface area contributed by atoms with Gasteiger partial charge < -0.3 is 16.2 Å². The van der Waals surface area contributed by atoms with Crippen molar-refractivity contribution in [1.29, 1.82) is 5.41 Å². The lowest BCUT2D eigenvalue weighted by Gasteiger charge is -2.11. The molecule has 0 heterocycles. The smallest absolute Gasteiger partial charge is 0.320 e. The summed E-state index contributed by atoms with van der Waals surface area (Å²) in [5.41, 5.74) is 5.31. The highest BCUT2D eigenvalue weighted by Crippen LogP contribution is 1.95. The Bertz CT molecular complexity index is 204. The summed E-state index contributed by atoms with van der Waals surface area (Å²) in [5, 5.41) is 18.9. The number of nitrogens with two attached hydrogens (primary N) is 1. The molecular formula is C9H19N3O2. The molecule has 0 aliphatic heterocycles. The van der Waals surface area contributed by atoms with Gasteiger partial charge in [-0.3, -0.25) is 10.2 Å². The van der Waals surface area contributed by atoms with E-state index in [4.69, 9.17) is 16.2 Å². The van der Waals surface area contributed by atoms with Crippen LogP contribution in [0.2, 0.25) is 0 Å². The molecule has 0 aromatic rings. The number of nitrogens with one attached hydrogen (secondary N) is 2. The maximum Gasteiger partial charge on any atom is 0.320 e. The fraction of sp³-hybridized carbons (Fsp3) is 0.778. The van der Waals surface area contributed by atoms with Crippen LogP contribution < -0.4 is 11.1 Å². The molecule has 0 bridgehead atoms. The molecule has 0 aliphatic carbocycles. The summed E-state index contributed by atoms with van der Waals surface area (Å²) in [4.78, 5) is 10.3. The van der Waals surface area contributed by atoms with E-state index in [-0.39, 0.29) is 5.92 Å². The molecule has 0 aliphatic rings. The van der Waals surface area contributed by atoms with E-state index in [1.807, 2.05) is 13.8 Å². The highest BCUT2D eigenvalue weighted by Gasteiger charge is 2.10. The Hall–Kier alpha value is -1.10. The van der Waals surface area contributed by atoms with Crippen molar-refractivity contribution in [2.75, 3.05) is 6.54 Å². The molecular weight excluding hydrogens is 182 g/mol. The zero-order valence-electron chi connectivity index (χ0n) is 8.71. The van der Waals surface area contributed by atoms with Gasteiger partial charge in [0.05, 0.1) is 5.84 Å². The second-order valence-electron chi connectivity index (χ2n) is 3.58. The number of rotatable bonds is 6. The molecule has 0 saturated carbocycles. The van der Waals surface area contributed by atoms with Gasteiger partial charge in [0.15, 0.2) is 0 Å². The van der Waals surface area contributed by atoms with Gasteiger partial charge >= 0.3 is 5.97 Å². The van der Waals surface area contributed by atoms with Crippen LogP contribution in [-0.4, -0.2) is 29.5 Å². The van der Waals surface area contributed by atoms with Crippen LogP contribution in [0.5, 0.6) is 0 Å². The number of hydrogen-bond acceptors (Lipinski definition) is 3. The van der Waals surface area contributed by atoms with E-state index in [0.717, 1.165) is 0 Å². The van der Waals surface area contributed by atoms with E-state index in [2.05, 4.69) is 5.32 Å². The molecule has 1 unspecified atom stereocenters. The molecule has 5 heteroatoms. The number of carboxylic acids is 1. The van der Waals surface area contributed by atoms with E-state index in [9.17, 15) is 4.79 Å². The van der Waals surface area contributed by atoms with Crippen molar-refractivity contribution in [3.63, 3.8) is 0 Å². The van der Waals surface area contributed by atoms with E-state index < -0.39 is 12.0 Å². The average molecular weight is 201 g/mol. The Kier molecular flexibility index (Phi) is 5.87. The number of hydrogen-bond donors (Lipinski definition) is 4. The largest absolute Gasteiger partial charge is 0.480 e. The lowest BCUT2D eigenvalue weighted by atomic mass is 10.1. The van der Waals surface area contributed by atoms with Crippen LogP contribution in [0.25, 0.3) is 0 Å². The van der Waals surface area contributed by atoms with Gasteiger partial charge in [0.1, 0.15) is 6.04 Å². The quantitative estimate of drug-likeness (QED) is 0.284. The first-order valence-electron chi connectivity index (χ1n) is 4.75. The van der Waals surface area contributed by atoms with Gasteiger partial charge in [-0.2, -0.15) is 0 Å². The topological polar surface area (TPSA) is 99.2 Å². The third-order valence-electron chi connectivity index (χ3n) is 1.90. The molecule has 0 aromatic carbocycles. The van der Waals surface area contributed by atoms with Crippen LogP contribution in [0.15, 0.2) is 0 Å². The van der Waals surface area contributed by atoms with Gasteiger partial charge in [-0.1, -0.05) is 13.8 Å². The van der Waals surface area contributed by atoms with Crippen LogP contribution in [0.4, 0.5) is 0 Å². The predicted octanol–water partition coefficient (Wildman–Crippen LogP) is 0.401. The fourth-order valence-corrected chi connectivity index (χ4v) is 0.873. The average Bonchev–Trinajstić information content (AvgIpc) is 2.11. The minimum atomic E-state index is -0.969. The highest BCUT2D eigenvalue weighted by atomic mass is 16.4. The van der Waals surface area contributed by atoms with E-state index in [1.54, 1.807) is 0 Å². The summed E-state index contributed by atoms with van der Waals surface area (Å²) in [6.07, 6.45) is 1.11. The van der Waals surface area contributed by atoms with Crippen LogP contribution in [-0.2, 0) is 4.79 Å². The third-order valence-corrected chi connectivity index (χ3v) is 1.90. The Morgan fingerprint density at radius 3 is 2.57 bits per heavy atom. The summed E-state index contributed by atoms with van der Waals surface area (Å²) in [6, 6.07) is -0.787. The molecule has 0 fully saturated rings. The minimum Gasteiger partial charge on any atom is -0.480 e. The van der Waals surface area contributed by atoms with Crippen LogP contribution >= 0.6 is 0 Å². The van der Waals surface area contributed by atoms with Crippen molar-refractivity contribution in [3.8, 4) is 0 Å². The van der Waals surface area contributed by atoms with E-state index in [0.29, 0.717) is 25.2 Å². The molecule has 82 valence electrons. The van der Waals surface area contributed by atoms with E-state index in [1.165, 1.54) is 0 Å². The van der Waals surface area contributed by atoms with Crippen molar-refractivity contribution in [1.82, 2.24) is 5.32 Å². The Balaban J connectivity index is 3.47. The number of amidine groups is 1. The monoisotopic (exact) mass is 201 g/mol. The Morgan fingerprint density at radius 1 is 1.57 bits per heavy atom. The maximum absolute atomic E-state index is 10.3. The van der Waals surface area contributed by atoms with Crippen LogP contribution in [0.1, 0.15) is 26.7 Å². The summed E-state index contributed by atoms with van der Waals surface area (Å²) < 4.78 is 0. The first-order valence-corrected chi connectivity index (χ1v) is 4.75. The molecule has 14 heavy (non-hydrogen) atoms. The standard InChI is InChI=1S/C9H19N3O2/c1-6(2)8(11)12-5-3-4-7(10)9(13)14/h6-7H,3-5,10H2,1-2H3,(H2,11,12)(H,13,14). The molecule has 5 nitrogen and oxygen atoms in total. The maximum atomic E-state index is 10.3. The zero-order chi connectivity index (χ0) is 11.1. The lowest BCUT2D eigenvalue weighted by Crippen LogP contribution is -2.32. The summed E-state index contributed by atoms with van der Waals surface area (Å²) >= 11 is 0. The lowest BCUT2D eigenvalue weighted by molar-refractivity contribution is -0.138. The molecule has 0 spiro atoms. The van der Waals surface area contributed by atoms with Crippen molar-refractivity contribution in [2.45, 2.75) is 32.7 Å². The second-order valence-corrected chi connectivity index (χ2v) is 3.58. The molecule has 0 radical (unpaired) electrons. The molecule has 0 amide bonds. The molecule has 0 aromatic heterocycles. The SMILES string of the molecule is CC(C)C(=N)NCCCC(N)C(=O)O. The van der Waals surface area contributed by atoms with E-state index >= 15 is 0 Å². The number of aliphatic carboxylic acids is 1. The van der Waals surface area contributed by atoms with Crippen molar-refractivity contribution >= 4 is 11.8 Å². The second kappa shape index (κ2) is 6.37. The van der Waals surface area contributed by atoms with Crippen LogP contribution in [0, 0.1) is 11.3 Å². The summed E-state index contributed by atoms with van der Waals surface area (Å²) in [6.45, 7) is 4.47. The molecule has 1 atom stereocenters. The Morgan fingerprint density at radius 2 is 2.14 bits per heavy atom. The van der Waals surface area contributed by atoms with Gasteiger partial charge in [-0.15, -0.1) is 0 Å². The number of carbonyl (C=O) groups is 1. The van der Waals surface area contributed by atoms with Gasteiger partial charge in [0.2, 0.25) is 0 Å². The van der Waals surface area contributed by atoms with Gasteiger partial charge in [-0.05, 0) is 12.8 Å².